The quantitative estimate of drug-likeness (QED) is 0.767. The number of rotatable bonds is 4. The minimum Gasteiger partial charge on any atom is -0.497 e. The summed E-state index contributed by atoms with van der Waals surface area (Å²) in [5, 5.41) is 5.29. The van der Waals surface area contributed by atoms with E-state index in [4.69, 9.17) is 10.5 Å². The van der Waals surface area contributed by atoms with E-state index >= 15 is 0 Å². The molecule has 0 aliphatic heterocycles. The van der Waals surface area contributed by atoms with Crippen LogP contribution in [-0.4, -0.2) is 18.0 Å². The first kappa shape index (κ1) is 15.1. The summed E-state index contributed by atoms with van der Waals surface area (Å²) in [5.41, 5.74) is 8.64. The van der Waals surface area contributed by atoms with Crippen LogP contribution in [0.5, 0.6) is 5.75 Å². The number of anilines is 2. The number of methoxy groups -OCH3 is 1. The molecule has 6 heteroatoms. The van der Waals surface area contributed by atoms with E-state index in [9.17, 15) is 4.79 Å². The molecule has 0 fully saturated rings. The van der Waals surface area contributed by atoms with Crippen LogP contribution in [0.15, 0.2) is 53.9 Å². The molecule has 0 spiro atoms. The fourth-order valence-corrected chi connectivity index (χ4v) is 2.69. The van der Waals surface area contributed by atoms with Crippen LogP contribution in [0.25, 0.3) is 11.3 Å². The van der Waals surface area contributed by atoms with E-state index in [2.05, 4.69) is 10.3 Å². The molecular formula is C17H15N3O2S. The molecule has 0 unspecified atom stereocenters. The van der Waals surface area contributed by atoms with Crippen LogP contribution in [-0.2, 0) is 0 Å². The fourth-order valence-electron chi connectivity index (χ4n) is 2.12. The van der Waals surface area contributed by atoms with Crippen molar-refractivity contribution in [3.8, 4) is 17.0 Å². The highest BCUT2D eigenvalue weighted by Crippen LogP contribution is 2.25. The Kier molecular flexibility index (Phi) is 4.25. The second kappa shape index (κ2) is 6.50. The largest absolute Gasteiger partial charge is 0.497 e. The smallest absolute Gasteiger partial charge is 0.255 e. The Morgan fingerprint density at radius 3 is 2.65 bits per heavy atom. The molecular weight excluding hydrogens is 310 g/mol. The first-order chi connectivity index (χ1) is 11.2. The van der Waals surface area contributed by atoms with Gasteiger partial charge in [0.1, 0.15) is 5.75 Å². The number of carbonyl (C=O) groups is 1. The SMILES string of the molecule is COc1ccc(C(=O)Nc2cccc(-c3csc(N)n3)c2)cc1. The number of nitrogens with one attached hydrogen (secondary N) is 1. The number of hydrogen-bond donors (Lipinski definition) is 2. The number of aromatic nitrogens is 1. The van der Waals surface area contributed by atoms with E-state index in [0.717, 1.165) is 11.3 Å². The van der Waals surface area contributed by atoms with Crippen molar-refractivity contribution >= 4 is 28.1 Å². The zero-order valence-corrected chi connectivity index (χ0v) is 13.3. The highest BCUT2D eigenvalue weighted by molar-refractivity contribution is 7.13. The molecule has 3 rings (SSSR count). The average molecular weight is 325 g/mol. The van der Waals surface area contributed by atoms with E-state index in [0.29, 0.717) is 22.1 Å². The number of nitrogen functional groups attached to an aromatic ring is 1. The van der Waals surface area contributed by atoms with Crippen LogP contribution in [0.4, 0.5) is 10.8 Å². The summed E-state index contributed by atoms with van der Waals surface area (Å²) in [6.07, 6.45) is 0. The second-order valence-corrected chi connectivity index (χ2v) is 5.72. The van der Waals surface area contributed by atoms with Gasteiger partial charge in [-0.05, 0) is 36.4 Å². The minimum atomic E-state index is -0.178. The summed E-state index contributed by atoms with van der Waals surface area (Å²) >= 11 is 1.39. The average Bonchev–Trinajstić information content (AvgIpc) is 3.02. The fraction of sp³-hybridized carbons (Fsp3) is 0.0588. The monoisotopic (exact) mass is 325 g/mol. The van der Waals surface area contributed by atoms with E-state index in [1.54, 1.807) is 31.4 Å². The number of nitrogens with two attached hydrogens (primary N) is 1. The van der Waals surface area contributed by atoms with E-state index < -0.39 is 0 Å². The molecule has 0 atom stereocenters. The molecule has 3 N–H and O–H groups in total. The highest BCUT2D eigenvalue weighted by atomic mass is 32.1. The summed E-state index contributed by atoms with van der Waals surface area (Å²) in [4.78, 5) is 16.5. The summed E-state index contributed by atoms with van der Waals surface area (Å²) in [6.45, 7) is 0. The first-order valence-electron chi connectivity index (χ1n) is 6.92. The van der Waals surface area contributed by atoms with Crippen molar-refractivity contribution in [1.29, 1.82) is 0 Å². The molecule has 1 amide bonds. The van der Waals surface area contributed by atoms with Crippen molar-refractivity contribution in [2.24, 2.45) is 0 Å². The van der Waals surface area contributed by atoms with Gasteiger partial charge in [-0.25, -0.2) is 4.98 Å². The lowest BCUT2D eigenvalue weighted by molar-refractivity contribution is 0.102. The molecule has 3 aromatic rings. The van der Waals surface area contributed by atoms with Gasteiger partial charge in [0, 0.05) is 22.2 Å². The zero-order chi connectivity index (χ0) is 16.2. The molecule has 5 nitrogen and oxygen atoms in total. The molecule has 0 radical (unpaired) electrons. The maximum atomic E-state index is 12.3. The maximum absolute atomic E-state index is 12.3. The minimum absolute atomic E-state index is 0.178. The molecule has 116 valence electrons. The Morgan fingerprint density at radius 1 is 1.22 bits per heavy atom. The van der Waals surface area contributed by atoms with Crippen molar-refractivity contribution in [2.45, 2.75) is 0 Å². The van der Waals surface area contributed by atoms with Crippen LogP contribution in [0, 0.1) is 0 Å². The van der Waals surface area contributed by atoms with Crippen molar-refractivity contribution in [3.05, 3.63) is 59.5 Å². The van der Waals surface area contributed by atoms with Crippen LogP contribution in [0.1, 0.15) is 10.4 Å². The van der Waals surface area contributed by atoms with Gasteiger partial charge in [0.15, 0.2) is 5.13 Å². The molecule has 0 aliphatic rings. The van der Waals surface area contributed by atoms with Crippen molar-refractivity contribution < 1.29 is 9.53 Å². The molecule has 23 heavy (non-hydrogen) atoms. The molecule has 0 saturated carbocycles. The Morgan fingerprint density at radius 2 is 2.00 bits per heavy atom. The van der Waals surface area contributed by atoms with Gasteiger partial charge in [0.2, 0.25) is 0 Å². The predicted octanol–water partition coefficient (Wildman–Crippen LogP) is 3.65. The van der Waals surface area contributed by atoms with Gasteiger partial charge >= 0.3 is 0 Å². The molecule has 1 aromatic heterocycles. The number of hydrogen-bond acceptors (Lipinski definition) is 5. The predicted molar refractivity (Wildman–Crippen MR) is 92.9 cm³/mol. The topological polar surface area (TPSA) is 77.2 Å². The third-order valence-corrected chi connectivity index (χ3v) is 3.96. The van der Waals surface area contributed by atoms with Crippen LogP contribution in [0.3, 0.4) is 0 Å². The van der Waals surface area contributed by atoms with E-state index in [-0.39, 0.29) is 5.91 Å². The summed E-state index contributed by atoms with van der Waals surface area (Å²) < 4.78 is 5.09. The number of nitrogens with zero attached hydrogens (tertiary/aromatic N) is 1. The zero-order valence-electron chi connectivity index (χ0n) is 12.4. The van der Waals surface area contributed by atoms with Gasteiger partial charge in [-0.3, -0.25) is 4.79 Å². The lowest BCUT2D eigenvalue weighted by Gasteiger charge is -2.07. The molecule has 0 aliphatic carbocycles. The van der Waals surface area contributed by atoms with Gasteiger partial charge in [-0.1, -0.05) is 12.1 Å². The van der Waals surface area contributed by atoms with E-state index in [1.165, 1.54) is 11.3 Å². The van der Waals surface area contributed by atoms with Crippen molar-refractivity contribution in [2.75, 3.05) is 18.2 Å². The third-order valence-electron chi connectivity index (χ3n) is 3.29. The van der Waals surface area contributed by atoms with Gasteiger partial charge in [-0.2, -0.15) is 0 Å². The Hall–Kier alpha value is -2.86. The lowest BCUT2D eigenvalue weighted by atomic mass is 10.1. The maximum Gasteiger partial charge on any atom is 0.255 e. The Bertz CT molecular complexity index is 828. The lowest BCUT2D eigenvalue weighted by Crippen LogP contribution is -2.11. The van der Waals surface area contributed by atoms with Gasteiger partial charge < -0.3 is 15.8 Å². The molecule has 0 bridgehead atoms. The summed E-state index contributed by atoms with van der Waals surface area (Å²) in [5.74, 6) is 0.535. The molecule has 1 heterocycles. The van der Waals surface area contributed by atoms with Crippen LogP contribution in [0.2, 0.25) is 0 Å². The first-order valence-corrected chi connectivity index (χ1v) is 7.80. The van der Waals surface area contributed by atoms with Gasteiger partial charge in [-0.15, -0.1) is 11.3 Å². The van der Waals surface area contributed by atoms with Crippen molar-refractivity contribution in [3.63, 3.8) is 0 Å². The molecule has 2 aromatic carbocycles. The Balaban J connectivity index is 1.78. The third kappa shape index (κ3) is 3.49. The van der Waals surface area contributed by atoms with Gasteiger partial charge in [0.05, 0.1) is 12.8 Å². The number of benzene rings is 2. The van der Waals surface area contributed by atoms with E-state index in [1.807, 2.05) is 29.6 Å². The van der Waals surface area contributed by atoms with Crippen molar-refractivity contribution in [1.82, 2.24) is 4.98 Å². The highest BCUT2D eigenvalue weighted by Gasteiger charge is 2.08. The normalized spacial score (nSPS) is 10.3. The number of amides is 1. The van der Waals surface area contributed by atoms with Gasteiger partial charge in [0.25, 0.3) is 5.91 Å². The second-order valence-electron chi connectivity index (χ2n) is 4.83. The van der Waals surface area contributed by atoms with Crippen LogP contribution < -0.4 is 15.8 Å². The number of carbonyl (C=O) groups excluding carboxylic acids is 1. The van der Waals surface area contributed by atoms with Crippen LogP contribution >= 0.6 is 11.3 Å². The Labute approximate surface area is 137 Å². The molecule has 0 saturated heterocycles. The summed E-state index contributed by atoms with van der Waals surface area (Å²) in [7, 11) is 1.59. The number of ether oxygens (including phenoxy) is 1. The number of thiazole rings is 1. The summed E-state index contributed by atoms with van der Waals surface area (Å²) in [6, 6.07) is 14.5. The standard InChI is InChI=1S/C17H15N3O2S/c1-22-14-7-5-11(6-8-14)16(21)19-13-4-2-3-12(9-13)15-10-23-17(18)20-15/h2-10H,1H3,(H2,18,20)(H,19,21).